The fraction of sp³-hybridized carbons (Fsp3) is 0.222. The lowest BCUT2D eigenvalue weighted by Crippen LogP contribution is -1.90. The summed E-state index contributed by atoms with van der Waals surface area (Å²) in [4.78, 5) is 10.5. The van der Waals surface area contributed by atoms with Crippen LogP contribution < -0.4 is 0 Å². The Labute approximate surface area is 81.3 Å². The molecule has 0 unspecified atom stereocenters. The minimum absolute atomic E-state index is 0.449. The van der Waals surface area contributed by atoms with Crippen LogP contribution in [0.1, 0.15) is 21.5 Å². The average molecular weight is 203 g/mol. The quantitative estimate of drug-likeness (QED) is 0.639. The molecule has 1 nitrogen and oxygen atoms in total. The molecular weight excluding hydrogens is 195 g/mol. The summed E-state index contributed by atoms with van der Waals surface area (Å²) in [5.74, 6) is 0. The molecule has 0 heterocycles. The van der Waals surface area contributed by atoms with Crippen molar-refractivity contribution in [2.45, 2.75) is 13.8 Å². The van der Waals surface area contributed by atoms with Crippen LogP contribution >= 0.6 is 23.2 Å². The Hall–Kier alpha value is -0.530. The molecule has 0 aliphatic carbocycles. The molecule has 0 radical (unpaired) electrons. The van der Waals surface area contributed by atoms with E-state index in [1.807, 2.05) is 13.8 Å². The highest BCUT2D eigenvalue weighted by molar-refractivity contribution is 6.36. The first-order chi connectivity index (χ1) is 5.57. The number of aldehydes is 1. The maximum Gasteiger partial charge on any atom is 0.151 e. The third kappa shape index (κ3) is 1.47. The summed E-state index contributed by atoms with van der Waals surface area (Å²) in [6, 6.07) is 1.58. The standard InChI is InChI=1S/C9H8Cl2O/c1-5-6(2)9(11)7(4-12)3-8(5)10/h3-4H,1-2H3. The normalized spacial score (nSPS) is 10.0. The van der Waals surface area contributed by atoms with Crippen molar-refractivity contribution in [1.29, 1.82) is 0 Å². The zero-order valence-electron chi connectivity index (χ0n) is 6.82. The van der Waals surface area contributed by atoms with Crippen molar-refractivity contribution in [3.63, 3.8) is 0 Å². The number of carbonyl (C=O) groups is 1. The van der Waals surface area contributed by atoms with Crippen molar-refractivity contribution < 1.29 is 4.79 Å². The number of carbonyl (C=O) groups excluding carboxylic acids is 1. The first kappa shape index (κ1) is 9.56. The molecular formula is C9H8Cl2O. The maximum atomic E-state index is 10.5. The Bertz CT molecular complexity index is 332. The van der Waals surface area contributed by atoms with Crippen LogP contribution in [0.4, 0.5) is 0 Å². The Balaban J connectivity index is 3.49. The highest BCUT2D eigenvalue weighted by Gasteiger charge is 2.08. The van der Waals surface area contributed by atoms with Crippen molar-refractivity contribution in [1.82, 2.24) is 0 Å². The molecule has 1 aromatic rings. The van der Waals surface area contributed by atoms with Gasteiger partial charge in [0.25, 0.3) is 0 Å². The lowest BCUT2D eigenvalue weighted by atomic mass is 10.1. The van der Waals surface area contributed by atoms with Crippen LogP contribution in [-0.2, 0) is 0 Å². The molecule has 0 aliphatic rings. The molecule has 3 heteroatoms. The van der Waals surface area contributed by atoms with Gasteiger partial charge in [-0.05, 0) is 31.0 Å². The summed E-state index contributed by atoms with van der Waals surface area (Å²) in [5.41, 5.74) is 2.24. The van der Waals surface area contributed by atoms with Crippen molar-refractivity contribution in [2.75, 3.05) is 0 Å². The Morgan fingerprint density at radius 1 is 1.25 bits per heavy atom. The molecule has 0 N–H and O–H groups in total. The van der Waals surface area contributed by atoms with Crippen molar-refractivity contribution in [3.8, 4) is 0 Å². The van der Waals surface area contributed by atoms with Gasteiger partial charge < -0.3 is 0 Å². The molecule has 1 aromatic carbocycles. The van der Waals surface area contributed by atoms with Crippen molar-refractivity contribution in [3.05, 3.63) is 32.8 Å². The second-order valence-electron chi connectivity index (χ2n) is 2.63. The van der Waals surface area contributed by atoms with Crippen LogP contribution in [0.15, 0.2) is 6.07 Å². The van der Waals surface area contributed by atoms with E-state index in [4.69, 9.17) is 23.2 Å². The fourth-order valence-corrected chi connectivity index (χ4v) is 1.45. The molecule has 64 valence electrons. The number of halogens is 2. The summed E-state index contributed by atoms with van der Waals surface area (Å²) in [6.45, 7) is 3.72. The Kier molecular flexibility index (Phi) is 2.76. The molecule has 0 bridgehead atoms. The monoisotopic (exact) mass is 202 g/mol. The average Bonchev–Trinajstić information content (AvgIpc) is 2.08. The van der Waals surface area contributed by atoms with Crippen molar-refractivity contribution >= 4 is 29.5 Å². The predicted molar refractivity (Wildman–Crippen MR) is 51.3 cm³/mol. The van der Waals surface area contributed by atoms with Gasteiger partial charge in [0.15, 0.2) is 6.29 Å². The fourth-order valence-electron chi connectivity index (χ4n) is 0.954. The summed E-state index contributed by atoms with van der Waals surface area (Å²) in [5, 5.41) is 1.07. The van der Waals surface area contributed by atoms with Gasteiger partial charge in [0.1, 0.15) is 0 Å². The molecule has 0 amide bonds. The minimum atomic E-state index is 0.449. The van der Waals surface area contributed by atoms with E-state index in [9.17, 15) is 4.79 Å². The number of benzene rings is 1. The first-order valence-corrected chi connectivity index (χ1v) is 4.24. The predicted octanol–water partition coefficient (Wildman–Crippen LogP) is 3.42. The summed E-state index contributed by atoms with van der Waals surface area (Å²) in [7, 11) is 0. The highest BCUT2D eigenvalue weighted by atomic mass is 35.5. The third-order valence-corrected chi connectivity index (χ3v) is 2.81. The topological polar surface area (TPSA) is 17.1 Å². The van der Waals surface area contributed by atoms with E-state index < -0.39 is 0 Å². The van der Waals surface area contributed by atoms with Gasteiger partial charge in [-0.2, -0.15) is 0 Å². The number of rotatable bonds is 1. The van der Waals surface area contributed by atoms with E-state index in [1.165, 1.54) is 0 Å². The smallest absolute Gasteiger partial charge is 0.151 e. The molecule has 0 saturated carbocycles. The molecule has 0 saturated heterocycles. The molecule has 12 heavy (non-hydrogen) atoms. The molecule has 0 aromatic heterocycles. The van der Waals surface area contributed by atoms with Crippen LogP contribution in [0.5, 0.6) is 0 Å². The van der Waals surface area contributed by atoms with Crippen LogP contribution in [0.2, 0.25) is 10.0 Å². The molecule has 0 spiro atoms. The molecule has 0 fully saturated rings. The van der Waals surface area contributed by atoms with Gasteiger partial charge in [-0.25, -0.2) is 0 Å². The Morgan fingerprint density at radius 3 is 2.33 bits per heavy atom. The Morgan fingerprint density at radius 2 is 1.83 bits per heavy atom. The van der Waals surface area contributed by atoms with E-state index >= 15 is 0 Å². The van der Waals surface area contributed by atoms with Crippen LogP contribution in [0.3, 0.4) is 0 Å². The second-order valence-corrected chi connectivity index (χ2v) is 3.41. The summed E-state index contributed by atoms with van der Waals surface area (Å²) >= 11 is 11.7. The van der Waals surface area contributed by atoms with Crippen LogP contribution in [-0.4, -0.2) is 6.29 Å². The van der Waals surface area contributed by atoms with Crippen molar-refractivity contribution in [2.24, 2.45) is 0 Å². The maximum absolute atomic E-state index is 10.5. The lowest BCUT2D eigenvalue weighted by Gasteiger charge is -2.06. The van der Waals surface area contributed by atoms with Gasteiger partial charge in [-0.1, -0.05) is 23.2 Å². The van der Waals surface area contributed by atoms with Crippen LogP contribution in [0, 0.1) is 13.8 Å². The largest absolute Gasteiger partial charge is 0.298 e. The highest BCUT2D eigenvalue weighted by Crippen LogP contribution is 2.28. The van der Waals surface area contributed by atoms with Gasteiger partial charge >= 0.3 is 0 Å². The number of hydrogen-bond donors (Lipinski definition) is 0. The van der Waals surface area contributed by atoms with Crippen LogP contribution in [0.25, 0.3) is 0 Å². The summed E-state index contributed by atoms with van der Waals surface area (Å²) < 4.78 is 0. The van der Waals surface area contributed by atoms with E-state index in [2.05, 4.69) is 0 Å². The zero-order valence-corrected chi connectivity index (χ0v) is 8.33. The zero-order chi connectivity index (χ0) is 9.30. The summed E-state index contributed by atoms with van der Waals surface area (Å²) in [6.07, 6.45) is 0.709. The van der Waals surface area contributed by atoms with Gasteiger partial charge in [0.05, 0.1) is 5.02 Å². The minimum Gasteiger partial charge on any atom is -0.298 e. The van der Waals surface area contributed by atoms with E-state index in [-0.39, 0.29) is 0 Å². The first-order valence-electron chi connectivity index (χ1n) is 3.48. The van der Waals surface area contributed by atoms with E-state index in [0.29, 0.717) is 21.9 Å². The number of hydrogen-bond acceptors (Lipinski definition) is 1. The molecule has 1 rings (SSSR count). The van der Waals surface area contributed by atoms with Gasteiger partial charge in [0.2, 0.25) is 0 Å². The van der Waals surface area contributed by atoms with E-state index in [0.717, 1.165) is 11.1 Å². The molecule has 0 aliphatic heterocycles. The third-order valence-electron chi connectivity index (χ3n) is 1.91. The van der Waals surface area contributed by atoms with E-state index in [1.54, 1.807) is 6.07 Å². The lowest BCUT2D eigenvalue weighted by molar-refractivity contribution is 0.112. The molecule has 0 atom stereocenters. The van der Waals surface area contributed by atoms with Gasteiger partial charge in [0, 0.05) is 10.6 Å². The SMILES string of the molecule is Cc1c(Cl)cc(C=O)c(Cl)c1C. The van der Waals surface area contributed by atoms with Gasteiger partial charge in [-0.3, -0.25) is 4.79 Å². The van der Waals surface area contributed by atoms with Gasteiger partial charge in [-0.15, -0.1) is 0 Å². The second kappa shape index (κ2) is 3.46.